The van der Waals surface area contributed by atoms with Crippen molar-refractivity contribution in [2.75, 3.05) is 13.2 Å². The second-order valence-corrected chi connectivity index (χ2v) is 6.22. The third kappa shape index (κ3) is 4.79. The molecule has 0 spiro atoms. The fraction of sp³-hybridized carbons (Fsp3) is 0.667. The zero-order valence-corrected chi connectivity index (χ0v) is 13.5. The Bertz CT molecular complexity index is 423. The number of ether oxygens (including phenoxy) is 1. The molecule has 0 aliphatic heterocycles. The second-order valence-electron chi connectivity index (χ2n) is 6.22. The fourth-order valence-corrected chi connectivity index (χ4v) is 3.19. The van der Waals surface area contributed by atoms with Gasteiger partial charge in [0.25, 0.3) is 0 Å². The number of hydrogen-bond acceptors (Lipinski definition) is 2. The van der Waals surface area contributed by atoms with Crippen LogP contribution in [0.15, 0.2) is 18.2 Å². The molecule has 2 nitrogen and oxygen atoms in total. The van der Waals surface area contributed by atoms with Crippen LogP contribution in [-0.4, -0.2) is 19.3 Å². The molecule has 0 bridgehead atoms. The minimum Gasteiger partial charge on any atom is -0.378 e. The normalized spacial score (nSPS) is 22.9. The number of aryl methyl sites for hydroxylation is 1. The SMILES string of the molecule is CCCNC(CC1CC(OCC)C1)c1cc(C)cc(F)c1. The molecule has 0 heterocycles. The number of benzene rings is 1. The van der Waals surface area contributed by atoms with Gasteiger partial charge in [0, 0.05) is 12.6 Å². The molecular formula is C18H28FNO. The Morgan fingerprint density at radius 2 is 2.05 bits per heavy atom. The summed E-state index contributed by atoms with van der Waals surface area (Å²) in [5.74, 6) is 0.564. The van der Waals surface area contributed by atoms with E-state index in [0.717, 1.165) is 50.0 Å². The van der Waals surface area contributed by atoms with Gasteiger partial charge in [-0.15, -0.1) is 0 Å². The van der Waals surface area contributed by atoms with Gasteiger partial charge in [-0.2, -0.15) is 0 Å². The quantitative estimate of drug-likeness (QED) is 0.768. The van der Waals surface area contributed by atoms with Crippen LogP contribution in [-0.2, 0) is 4.74 Å². The molecule has 21 heavy (non-hydrogen) atoms. The Labute approximate surface area is 128 Å². The van der Waals surface area contributed by atoms with Crippen LogP contribution in [0.25, 0.3) is 0 Å². The predicted molar refractivity (Wildman–Crippen MR) is 84.9 cm³/mol. The molecule has 3 heteroatoms. The lowest BCUT2D eigenvalue weighted by atomic mass is 9.77. The van der Waals surface area contributed by atoms with E-state index in [4.69, 9.17) is 4.74 Å². The van der Waals surface area contributed by atoms with Gasteiger partial charge >= 0.3 is 0 Å². The van der Waals surface area contributed by atoms with Crippen LogP contribution in [0, 0.1) is 18.7 Å². The molecule has 1 saturated carbocycles. The lowest BCUT2D eigenvalue weighted by molar-refractivity contribution is -0.0291. The van der Waals surface area contributed by atoms with E-state index >= 15 is 0 Å². The van der Waals surface area contributed by atoms with E-state index in [-0.39, 0.29) is 11.9 Å². The molecule has 0 saturated heterocycles. The number of rotatable bonds is 8. The summed E-state index contributed by atoms with van der Waals surface area (Å²) < 4.78 is 19.3. The average molecular weight is 293 g/mol. The van der Waals surface area contributed by atoms with Crippen molar-refractivity contribution in [3.8, 4) is 0 Å². The predicted octanol–water partition coefficient (Wildman–Crippen LogP) is 4.38. The Morgan fingerprint density at radius 3 is 2.67 bits per heavy atom. The van der Waals surface area contributed by atoms with Gasteiger partial charge < -0.3 is 10.1 Å². The van der Waals surface area contributed by atoms with Gasteiger partial charge in [-0.05, 0) is 75.3 Å². The van der Waals surface area contributed by atoms with Gasteiger partial charge in [0.05, 0.1) is 6.10 Å². The highest BCUT2D eigenvalue weighted by molar-refractivity contribution is 5.26. The van der Waals surface area contributed by atoms with Crippen LogP contribution in [0.3, 0.4) is 0 Å². The highest BCUT2D eigenvalue weighted by atomic mass is 19.1. The Morgan fingerprint density at radius 1 is 1.29 bits per heavy atom. The van der Waals surface area contributed by atoms with Crippen molar-refractivity contribution < 1.29 is 9.13 Å². The van der Waals surface area contributed by atoms with Gasteiger partial charge in [-0.3, -0.25) is 0 Å². The maximum atomic E-state index is 13.7. The summed E-state index contributed by atoms with van der Waals surface area (Å²) in [6.07, 6.45) is 4.91. The standard InChI is InChI=1S/C18H28FNO/c1-4-6-20-18(11-14-9-17(10-14)21-5-2)15-7-13(3)8-16(19)12-15/h7-8,12,14,17-18,20H,4-6,9-11H2,1-3H3. The summed E-state index contributed by atoms with van der Waals surface area (Å²) in [4.78, 5) is 0. The molecule has 1 unspecified atom stereocenters. The van der Waals surface area contributed by atoms with Crippen molar-refractivity contribution in [3.63, 3.8) is 0 Å². The van der Waals surface area contributed by atoms with Crippen molar-refractivity contribution in [2.24, 2.45) is 5.92 Å². The van der Waals surface area contributed by atoms with Crippen molar-refractivity contribution in [2.45, 2.75) is 58.6 Å². The smallest absolute Gasteiger partial charge is 0.123 e. The van der Waals surface area contributed by atoms with Crippen molar-refractivity contribution in [3.05, 3.63) is 35.1 Å². The van der Waals surface area contributed by atoms with E-state index in [0.29, 0.717) is 12.0 Å². The van der Waals surface area contributed by atoms with Gasteiger partial charge in [-0.25, -0.2) is 4.39 Å². The Kier molecular flexibility index (Phi) is 6.19. The first-order chi connectivity index (χ1) is 10.1. The lowest BCUT2D eigenvalue weighted by Crippen LogP contribution is -2.35. The zero-order chi connectivity index (χ0) is 15.2. The average Bonchev–Trinajstić information content (AvgIpc) is 2.39. The van der Waals surface area contributed by atoms with E-state index < -0.39 is 0 Å². The van der Waals surface area contributed by atoms with Crippen molar-refractivity contribution >= 4 is 0 Å². The lowest BCUT2D eigenvalue weighted by Gasteiger charge is -2.37. The number of nitrogens with one attached hydrogen (secondary N) is 1. The third-order valence-electron chi connectivity index (χ3n) is 4.27. The third-order valence-corrected chi connectivity index (χ3v) is 4.27. The van der Waals surface area contributed by atoms with Crippen molar-refractivity contribution in [1.82, 2.24) is 5.32 Å². The molecule has 0 aromatic heterocycles. The Balaban J connectivity index is 1.98. The van der Waals surface area contributed by atoms with Gasteiger partial charge in [0.1, 0.15) is 5.82 Å². The van der Waals surface area contributed by atoms with E-state index in [1.807, 2.05) is 6.92 Å². The Hall–Kier alpha value is -0.930. The van der Waals surface area contributed by atoms with Gasteiger partial charge in [0.2, 0.25) is 0 Å². The molecule has 0 radical (unpaired) electrons. The molecular weight excluding hydrogens is 265 g/mol. The van der Waals surface area contributed by atoms with Crippen molar-refractivity contribution in [1.29, 1.82) is 0 Å². The van der Waals surface area contributed by atoms with E-state index in [1.165, 1.54) is 0 Å². The molecule has 1 aromatic carbocycles. The second kappa shape index (κ2) is 7.90. The van der Waals surface area contributed by atoms with Crippen LogP contribution in [0.1, 0.15) is 56.7 Å². The maximum Gasteiger partial charge on any atom is 0.123 e. The minimum atomic E-state index is -0.130. The molecule has 1 aliphatic carbocycles. The van der Waals surface area contributed by atoms with Crippen LogP contribution >= 0.6 is 0 Å². The molecule has 1 atom stereocenters. The number of halogens is 1. The highest BCUT2D eigenvalue weighted by Gasteiger charge is 2.31. The molecule has 118 valence electrons. The number of hydrogen-bond donors (Lipinski definition) is 1. The van der Waals surface area contributed by atoms with E-state index in [9.17, 15) is 4.39 Å². The molecule has 2 rings (SSSR count). The first-order valence-electron chi connectivity index (χ1n) is 8.24. The van der Waals surface area contributed by atoms with Crippen LogP contribution < -0.4 is 5.32 Å². The van der Waals surface area contributed by atoms with Crippen LogP contribution in [0.2, 0.25) is 0 Å². The zero-order valence-electron chi connectivity index (χ0n) is 13.5. The molecule has 1 aromatic rings. The molecule has 1 fully saturated rings. The van der Waals surface area contributed by atoms with Crippen LogP contribution in [0.5, 0.6) is 0 Å². The largest absolute Gasteiger partial charge is 0.378 e. The first-order valence-corrected chi connectivity index (χ1v) is 8.24. The van der Waals surface area contributed by atoms with E-state index in [1.54, 1.807) is 12.1 Å². The summed E-state index contributed by atoms with van der Waals surface area (Å²) in [6.45, 7) is 7.95. The first kappa shape index (κ1) is 16.4. The fourth-order valence-electron chi connectivity index (χ4n) is 3.19. The summed E-state index contributed by atoms with van der Waals surface area (Å²) in [6, 6.07) is 5.63. The topological polar surface area (TPSA) is 21.3 Å². The van der Waals surface area contributed by atoms with Gasteiger partial charge in [0.15, 0.2) is 0 Å². The molecule has 0 amide bonds. The summed E-state index contributed by atoms with van der Waals surface area (Å²) in [7, 11) is 0. The maximum absolute atomic E-state index is 13.7. The van der Waals surface area contributed by atoms with Crippen LogP contribution in [0.4, 0.5) is 4.39 Å². The summed E-state index contributed by atoms with van der Waals surface area (Å²) in [5.41, 5.74) is 2.08. The monoisotopic (exact) mass is 293 g/mol. The summed E-state index contributed by atoms with van der Waals surface area (Å²) in [5, 5.41) is 3.58. The van der Waals surface area contributed by atoms with E-state index in [2.05, 4.69) is 25.2 Å². The molecule has 1 N–H and O–H groups in total. The summed E-state index contributed by atoms with van der Waals surface area (Å²) >= 11 is 0. The minimum absolute atomic E-state index is 0.130. The molecule has 1 aliphatic rings. The van der Waals surface area contributed by atoms with Gasteiger partial charge in [-0.1, -0.05) is 13.0 Å². The highest BCUT2D eigenvalue weighted by Crippen LogP contribution is 2.37.